The van der Waals surface area contributed by atoms with E-state index in [0.717, 1.165) is 11.4 Å². The van der Waals surface area contributed by atoms with E-state index in [1.807, 2.05) is 6.07 Å². The quantitative estimate of drug-likeness (QED) is 0.713. The summed E-state index contributed by atoms with van der Waals surface area (Å²) < 4.78 is 0. The highest BCUT2D eigenvalue weighted by Crippen LogP contribution is 2.32. The first-order valence-electron chi connectivity index (χ1n) is 4.21. The first-order chi connectivity index (χ1) is 5.79. The lowest BCUT2D eigenvalue weighted by molar-refractivity contribution is 0.917. The Hall–Kier alpha value is -1.25. The molecule has 12 heavy (non-hydrogen) atoms. The lowest BCUT2D eigenvalue weighted by Gasteiger charge is -2.19. The van der Waals surface area contributed by atoms with Crippen molar-refractivity contribution in [2.75, 3.05) is 17.7 Å². The average molecular weight is 163 g/mol. The molecule has 1 aliphatic rings. The number of rotatable bonds is 2. The van der Waals surface area contributed by atoms with Gasteiger partial charge < -0.3 is 10.6 Å². The Morgan fingerprint density at radius 2 is 2.33 bits per heavy atom. The standard InChI is InChI=1S/C9H13N3/c1-12(7-2-3-7)9-4-5-11-6-8(9)10/h4-7H,2-3,10H2,1H3. The van der Waals surface area contributed by atoms with Crippen LogP contribution in [0.4, 0.5) is 11.4 Å². The fourth-order valence-electron chi connectivity index (χ4n) is 1.38. The van der Waals surface area contributed by atoms with E-state index in [-0.39, 0.29) is 0 Å². The zero-order chi connectivity index (χ0) is 8.55. The summed E-state index contributed by atoms with van der Waals surface area (Å²) in [5.41, 5.74) is 7.66. The summed E-state index contributed by atoms with van der Waals surface area (Å²) >= 11 is 0. The van der Waals surface area contributed by atoms with Gasteiger partial charge in [-0.2, -0.15) is 0 Å². The molecule has 0 spiro atoms. The van der Waals surface area contributed by atoms with Gasteiger partial charge in [0.1, 0.15) is 0 Å². The molecule has 1 aromatic heterocycles. The third-order valence-corrected chi connectivity index (χ3v) is 2.30. The smallest absolute Gasteiger partial charge is 0.0738 e. The molecule has 0 saturated heterocycles. The summed E-state index contributed by atoms with van der Waals surface area (Å²) in [5.74, 6) is 0. The Kier molecular flexibility index (Phi) is 1.64. The van der Waals surface area contributed by atoms with E-state index in [0.29, 0.717) is 6.04 Å². The highest BCUT2D eigenvalue weighted by atomic mass is 15.2. The van der Waals surface area contributed by atoms with Crippen LogP contribution in [0.25, 0.3) is 0 Å². The molecule has 2 rings (SSSR count). The van der Waals surface area contributed by atoms with Crippen molar-refractivity contribution in [1.82, 2.24) is 4.98 Å². The number of hydrogen-bond acceptors (Lipinski definition) is 3. The predicted octanol–water partition coefficient (Wildman–Crippen LogP) is 1.26. The Morgan fingerprint density at radius 1 is 1.58 bits per heavy atom. The Labute approximate surface area is 72.2 Å². The third-order valence-electron chi connectivity index (χ3n) is 2.30. The average Bonchev–Trinajstić information content (AvgIpc) is 2.86. The number of anilines is 2. The van der Waals surface area contributed by atoms with Gasteiger partial charge in [0.2, 0.25) is 0 Å². The van der Waals surface area contributed by atoms with E-state index in [1.54, 1.807) is 12.4 Å². The molecule has 0 bridgehead atoms. The molecule has 1 heterocycles. The van der Waals surface area contributed by atoms with Crippen LogP contribution in [-0.2, 0) is 0 Å². The van der Waals surface area contributed by atoms with E-state index in [9.17, 15) is 0 Å². The molecule has 1 aromatic rings. The fraction of sp³-hybridized carbons (Fsp3) is 0.444. The zero-order valence-corrected chi connectivity index (χ0v) is 7.20. The molecule has 1 fully saturated rings. The lowest BCUT2D eigenvalue weighted by Crippen LogP contribution is -2.20. The number of aromatic nitrogens is 1. The fourth-order valence-corrected chi connectivity index (χ4v) is 1.38. The largest absolute Gasteiger partial charge is 0.396 e. The van der Waals surface area contributed by atoms with Gasteiger partial charge in [-0.25, -0.2) is 0 Å². The van der Waals surface area contributed by atoms with Crippen LogP contribution >= 0.6 is 0 Å². The van der Waals surface area contributed by atoms with Crippen molar-refractivity contribution in [3.63, 3.8) is 0 Å². The van der Waals surface area contributed by atoms with Crippen molar-refractivity contribution >= 4 is 11.4 Å². The summed E-state index contributed by atoms with van der Waals surface area (Å²) in [7, 11) is 2.09. The molecule has 0 atom stereocenters. The number of hydrogen-bond donors (Lipinski definition) is 1. The van der Waals surface area contributed by atoms with Crippen LogP contribution in [-0.4, -0.2) is 18.1 Å². The first-order valence-corrected chi connectivity index (χ1v) is 4.21. The van der Waals surface area contributed by atoms with Crippen molar-refractivity contribution in [2.24, 2.45) is 0 Å². The van der Waals surface area contributed by atoms with Crippen LogP contribution in [0.15, 0.2) is 18.5 Å². The van der Waals surface area contributed by atoms with Crippen molar-refractivity contribution in [1.29, 1.82) is 0 Å². The minimum absolute atomic E-state index is 0.703. The van der Waals surface area contributed by atoms with E-state index in [2.05, 4.69) is 16.9 Å². The van der Waals surface area contributed by atoms with E-state index in [4.69, 9.17) is 5.73 Å². The summed E-state index contributed by atoms with van der Waals surface area (Å²) in [5, 5.41) is 0. The van der Waals surface area contributed by atoms with E-state index in [1.165, 1.54) is 12.8 Å². The molecular formula is C9H13N3. The summed E-state index contributed by atoms with van der Waals surface area (Å²) in [6.45, 7) is 0. The van der Waals surface area contributed by atoms with Gasteiger partial charge in [-0.05, 0) is 18.9 Å². The molecule has 1 saturated carbocycles. The van der Waals surface area contributed by atoms with Crippen LogP contribution in [0.1, 0.15) is 12.8 Å². The monoisotopic (exact) mass is 163 g/mol. The van der Waals surface area contributed by atoms with Crippen molar-refractivity contribution in [3.05, 3.63) is 18.5 Å². The van der Waals surface area contributed by atoms with Crippen LogP contribution in [0.2, 0.25) is 0 Å². The number of nitrogens with two attached hydrogens (primary N) is 1. The topological polar surface area (TPSA) is 42.2 Å². The van der Waals surface area contributed by atoms with E-state index < -0.39 is 0 Å². The molecule has 0 unspecified atom stereocenters. The maximum Gasteiger partial charge on any atom is 0.0738 e. The summed E-state index contributed by atoms with van der Waals surface area (Å²) in [6.07, 6.45) is 6.06. The van der Waals surface area contributed by atoms with Crippen molar-refractivity contribution < 1.29 is 0 Å². The second-order valence-electron chi connectivity index (χ2n) is 3.28. The number of pyridine rings is 1. The molecule has 0 aliphatic heterocycles. The molecule has 0 amide bonds. The van der Waals surface area contributed by atoms with Crippen molar-refractivity contribution in [3.8, 4) is 0 Å². The van der Waals surface area contributed by atoms with Crippen LogP contribution in [0, 0.1) is 0 Å². The molecule has 2 N–H and O–H groups in total. The third kappa shape index (κ3) is 1.22. The minimum atomic E-state index is 0.703. The first kappa shape index (κ1) is 7.40. The van der Waals surface area contributed by atoms with Crippen molar-refractivity contribution in [2.45, 2.75) is 18.9 Å². The maximum atomic E-state index is 5.78. The Morgan fingerprint density at radius 3 is 2.92 bits per heavy atom. The van der Waals surface area contributed by atoms with Gasteiger partial charge in [0.05, 0.1) is 17.6 Å². The van der Waals surface area contributed by atoms with Gasteiger partial charge in [-0.15, -0.1) is 0 Å². The maximum absolute atomic E-state index is 5.78. The molecule has 0 radical (unpaired) electrons. The molecular weight excluding hydrogens is 150 g/mol. The van der Waals surface area contributed by atoms with Gasteiger partial charge in [0.25, 0.3) is 0 Å². The Bertz CT molecular complexity index is 281. The highest BCUT2D eigenvalue weighted by Gasteiger charge is 2.27. The van der Waals surface area contributed by atoms with E-state index >= 15 is 0 Å². The minimum Gasteiger partial charge on any atom is -0.396 e. The number of nitrogens with zero attached hydrogens (tertiary/aromatic N) is 2. The van der Waals surface area contributed by atoms with Gasteiger partial charge in [0.15, 0.2) is 0 Å². The molecule has 64 valence electrons. The van der Waals surface area contributed by atoms with Gasteiger partial charge in [-0.3, -0.25) is 4.98 Å². The molecule has 0 aromatic carbocycles. The number of nitrogen functional groups attached to an aromatic ring is 1. The predicted molar refractivity (Wildman–Crippen MR) is 50.1 cm³/mol. The normalized spacial score (nSPS) is 16.1. The summed E-state index contributed by atoms with van der Waals surface area (Å²) in [4.78, 5) is 6.19. The highest BCUT2D eigenvalue weighted by molar-refractivity contribution is 5.66. The molecule has 3 nitrogen and oxygen atoms in total. The SMILES string of the molecule is CN(c1ccncc1N)C1CC1. The molecule has 3 heteroatoms. The summed E-state index contributed by atoms with van der Waals surface area (Å²) in [6, 6.07) is 2.67. The van der Waals surface area contributed by atoms with Gasteiger partial charge in [-0.1, -0.05) is 0 Å². The zero-order valence-electron chi connectivity index (χ0n) is 7.20. The lowest BCUT2D eigenvalue weighted by atomic mass is 10.3. The second kappa shape index (κ2) is 2.66. The van der Waals surface area contributed by atoms with Crippen LogP contribution in [0.3, 0.4) is 0 Å². The van der Waals surface area contributed by atoms with Gasteiger partial charge in [0, 0.05) is 19.3 Å². The van der Waals surface area contributed by atoms with Gasteiger partial charge >= 0.3 is 0 Å². The van der Waals surface area contributed by atoms with Crippen LogP contribution < -0.4 is 10.6 Å². The van der Waals surface area contributed by atoms with Crippen LogP contribution in [0.5, 0.6) is 0 Å². The molecule has 1 aliphatic carbocycles. The second-order valence-corrected chi connectivity index (χ2v) is 3.28. The Balaban J connectivity index is 2.25.